The van der Waals surface area contributed by atoms with Gasteiger partial charge in [-0.1, -0.05) is 0 Å². The van der Waals surface area contributed by atoms with E-state index in [9.17, 15) is 13.2 Å². The summed E-state index contributed by atoms with van der Waals surface area (Å²) in [4.78, 5) is 11.1. The average molecular weight is 207 g/mol. The third kappa shape index (κ3) is 1.12. The van der Waals surface area contributed by atoms with Crippen LogP contribution in [0.15, 0.2) is 0 Å². The average Bonchev–Trinajstić information content (AvgIpc) is 2.02. The quantitative estimate of drug-likeness (QED) is 0.582. The summed E-state index contributed by atoms with van der Waals surface area (Å²) in [6, 6.07) is 0. The van der Waals surface area contributed by atoms with Gasteiger partial charge in [-0.25, -0.2) is 13.2 Å². The van der Waals surface area contributed by atoms with E-state index in [4.69, 9.17) is 0 Å². The normalized spacial score (nSPS) is 29.2. The van der Waals surface area contributed by atoms with Crippen LogP contribution >= 0.6 is 0 Å². The number of hydrogen-bond donors (Lipinski definition) is 0. The third-order valence-electron chi connectivity index (χ3n) is 2.56. The maximum Gasteiger partial charge on any atom is 0.423 e. The first-order valence-electron chi connectivity index (χ1n) is 3.88. The first-order chi connectivity index (χ1) is 5.76. The molecule has 1 fully saturated rings. The second kappa shape index (κ2) is 2.60. The van der Waals surface area contributed by atoms with Crippen molar-refractivity contribution in [1.29, 1.82) is 0 Å². The van der Waals surface area contributed by atoms with E-state index >= 15 is 0 Å². The molecular weight excluding hydrogens is 194 g/mol. The van der Waals surface area contributed by atoms with Crippen molar-refractivity contribution in [2.75, 3.05) is 7.11 Å². The highest BCUT2D eigenvalue weighted by Crippen LogP contribution is 2.39. The molecule has 1 amide bonds. The standard InChI is InChI=1S/C7H13NO4S/c1-5-7(2,3)8(6(9)12-4)13(5,10)11/h5H,1-4H3/t5-/m1/s1. The highest BCUT2D eigenvalue weighted by molar-refractivity contribution is 7.91. The molecule has 1 atom stereocenters. The summed E-state index contributed by atoms with van der Waals surface area (Å²) in [7, 11) is -2.30. The zero-order valence-electron chi connectivity index (χ0n) is 8.07. The summed E-state index contributed by atoms with van der Waals surface area (Å²) in [6.45, 7) is 4.96. The van der Waals surface area contributed by atoms with Crippen molar-refractivity contribution < 1.29 is 17.9 Å². The van der Waals surface area contributed by atoms with Crippen LogP contribution in [0.3, 0.4) is 0 Å². The third-order valence-corrected chi connectivity index (χ3v) is 5.16. The van der Waals surface area contributed by atoms with Gasteiger partial charge in [-0.05, 0) is 20.8 Å². The van der Waals surface area contributed by atoms with Crippen LogP contribution < -0.4 is 0 Å². The lowest BCUT2D eigenvalue weighted by molar-refractivity contribution is 0.102. The molecule has 0 N–H and O–H groups in total. The first kappa shape index (κ1) is 10.3. The van der Waals surface area contributed by atoms with E-state index in [1.54, 1.807) is 20.8 Å². The van der Waals surface area contributed by atoms with Gasteiger partial charge >= 0.3 is 6.09 Å². The van der Waals surface area contributed by atoms with Crippen LogP contribution in [0.25, 0.3) is 0 Å². The van der Waals surface area contributed by atoms with Crippen molar-refractivity contribution in [2.45, 2.75) is 31.6 Å². The number of rotatable bonds is 0. The SMILES string of the molecule is COC(=O)N1C(C)(C)[C@@H](C)S1(=O)=O. The Balaban J connectivity index is 3.05. The summed E-state index contributed by atoms with van der Waals surface area (Å²) >= 11 is 0. The van der Waals surface area contributed by atoms with Crippen LogP contribution in [0.5, 0.6) is 0 Å². The van der Waals surface area contributed by atoms with Crippen LogP contribution in [0.4, 0.5) is 4.79 Å². The van der Waals surface area contributed by atoms with Crippen molar-refractivity contribution in [1.82, 2.24) is 4.31 Å². The van der Waals surface area contributed by atoms with E-state index in [0.717, 1.165) is 11.4 Å². The Morgan fingerprint density at radius 2 is 1.92 bits per heavy atom. The van der Waals surface area contributed by atoms with Crippen molar-refractivity contribution in [3.63, 3.8) is 0 Å². The molecule has 5 nitrogen and oxygen atoms in total. The molecule has 0 unspecified atom stereocenters. The summed E-state index contributed by atoms with van der Waals surface area (Å²) in [5.74, 6) is 0. The van der Waals surface area contributed by atoms with Gasteiger partial charge in [-0.3, -0.25) is 0 Å². The Kier molecular flexibility index (Phi) is 2.06. The Labute approximate surface area is 77.7 Å². The zero-order valence-corrected chi connectivity index (χ0v) is 8.88. The molecule has 0 saturated carbocycles. The molecule has 1 heterocycles. The predicted octanol–water partition coefficient (Wildman–Crippen LogP) is 0.565. The molecule has 0 aromatic carbocycles. The highest BCUT2D eigenvalue weighted by Gasteiger charge is 2.60. The van der Waals surface area contributed by atoms with Crippen LogP contribution in [-0.2, 0) is 14.8 Å². The van der Waals surface area contributed by atoms with Gasteiger partial charge < -0.3 is 4.74 Å². The number of ether oxygens (including phenoxy) is 1. The van der Waals surface area contributed by atoms with Crippen LogP contribution in [-0.4, -0.2) is 36.7 Å². The predicted molar refractivity (Wildman–Crippen MR) is 46.7 cm³/mol. The molecule has 0 radical (unpaired) electrons. The van der Waals surface area contributed by atoms with Gasteiger partial charge in [0, 0.05) is 0 Å². The van der Waals surface area contributed by atoms with E-state index < -0.39 is 26.9 Å². The molecule has 76 valence electrons. The Morgan fingerprint density at radius 1 is 1.46 bits per heavy atom. The lowest BCUT2D eigenvalue weighted by atomic mass is 10.0. The molecular formula is C7H13NO4S. The van der Waals surface area contributed by atoms with Gasteiger partial charge in [-0.2, -0.15) is 4.31 Å². The minimum absolute atomic E-state index is 0.543. The number of carbonyl (C=O) groups excluding carboxylic acids is 1. The van der Waals surface area contributed by atoms with Crippen molar-refractivity contribution in [3.05, 3.63) is 0 Å². The van der Waals surface area contributed by atoms with E-state index in [-0.39, 0.29) is 0 Å². The molecule has 6 heteroatoms. The minimum Gasteiger partial charge on any atom is -0.452 e. The minimum atomic E-state index is -3.46. The summed E-state index contributed by atoms with van der Waals surface area (Å²) in [6.07, 6.45) is -0.817. The number of sulfonamides is 1. The van der Waals surface area contributed by atoms with Crippen LogP contribution in [0.2, 0.25) is 0 Å². The Bertz CT molecular complexity index is 332. The molecule has 0 bridgehead atoms. The molecule has 1 aliphatic rings. The molecule has 0 aliphatic carbocycles. The number of amides is 1. The monoisotopic (exact) mass is 207 g/mol. The lowest BCUT2D eigenvalue weighted by Crippen LogP contribution is -2.71. The highest BCUT2D eigenvalue weighted by atomic mass is 32.2. The van der Waals surface area contributed by atoms with Crippen molar-refractivity contribution >= 4 is 16.1 Å². The first-order valence-corrected chi connectivity index (χ1v) is 5.38. The summed E-state index contributed by atoms with van der Waals surface area (Å²) in [5, 5.41) is -0.543. The van der Waals surface area contributed by atoms with Gasteiger partial charge in [0.05, 0.1) is 12.6 Å². The topological polar surface area (TPSA) is 63.7 Å². The van der Waals surface area contributed by atoms with Gasteiger partial charge in [0.25, 0.3) is 0 Å². The Hall–Kier alpha value is -0.780. The Morgan fingerprint density at radius 3 is 2.23 bits per heavy atom. The fraction of sp³-hybridized carbons (Fsp3) is 0.857. The van der Waals surface area contributed by atoms with Gasteiger partial charge in [0.15, 0.2) is 0 Å². The summed E-state index contributed by atoms with van der Waals surface area (Å²) < 4.78 is 27.9. The summed E-state index contributed by atoms with van der Waals surface area (Å²) in [5.41, 5.74) is -0.675. The largest absolute Gasteiger partial charge is 0.452 e. The number of methoxy groups -OCH3 is 1. The zero-order chi connectivity index (χ0) is 10.4. The number of hydrogen-bond acceptors (Lipinski definition) is 4. The van der Waals surface area contributed by atoms with E-state index in [0.29, 0.717) is 0 Å². The van der Waals surface area contributed by atoms with E-state index in [2.05, 4.69) is 4.74 Å². The second-order valence-corrected chi connectivity index (χ2v) is 5.68. The van der Waals surface area contributed by atoms with Gasteiger partial charge in [0.1, 0.15) is 5.25 Å². The van der Waals surface area contributed by atoms with Gasteiger partial charge in [0.2, 0.25) is 10.0 Å². The van der Waals surface area contributed by atoms with Crippen molar-refractivity contribution in [3.8, 4) is 0 Å². The molecule has 0 aromatic rings. The lowest BCUT2D eigenvalue weighted by Gasteiger charge is -2.50. The van der Waals surface area contributed by atoms with E-state index in [1.165, 1.54) is 0 Å². The van der Waals surface area contributed by atoms with Gasteiger partial charge in [-0.15, -0.1) is 0 Å². The molecule has 0 spiro atoms. The fourth-order valence-electron chi connectivity index (χ4n) is 1.39. The van der Waals surface area contributed by atoms with Crippen LogP contribution in [0.1, 0.15) is 20.8 Å². The fourth-order valence-corrected chi connectivity index (χ4v) is 3.47. The molecule has 1 rings (SSSR count). The maximum atomic E-state index is 11.4. The second-order valence-electron chi connectivity index (χ2n) is 3.58. The molecule has 0 aromatic heterocycles. The smallest absolute Gasteiger partial charge is 0.423 e. The molecule has 1 aliphatic heterocycles. The molecule has 1 saturated heterocycles. The maximum absolute atomic E-state index is 11.4. The van der Waals surface area contributed by atoms with E-state index in [1.807, 2.05) is 0 Å². The van der Waals surface area contributed by atoms with Crippen LogP contribution in [0, 0.1) is 0 Å². The number of carbonyl (C=O) groups is 1. The van der Waals surface area contributed by atoms with Crippen molar-refractivity contribution in [2.24, 2.45) is 0 Å². The molecule has 13 heavy (non-hydrogen) atoms. The number of nitrogens with zero attached hydrogens (tertiary/aromatic N) is 1.